The number of thioether (sulfide) groups is 1. The Kier molecular flexibility index (Phi) is 9.49. The van der Waals surface area contributed by atoms with Gasteiger partial charge in [-0.1, -0.05) is 48.9 Å². The van der Waals surface area contributed by atoms with Crippen LogP contribution in [0.5, 0.6) is 0 Å². The van der Waals surface area contributed by atoms with Crippen molar-refractivity contribution in [2.75, 3.05) is 25.9 Å². The summed E-state index contributed by atoms with van der Waals surface area (Å²) in [6.07, 6.45) is 10.3. The number of fused-ring (bicyclic) bond motifs is 1. The number of hydrogen-bond acceptors (Lipinski definition) is 4. The van der Waals surface area contributed by atoms with Gasteiger partial charge in [0, 0.05) is 38.6 Å². The average Bonchev–Trinajstić information content (AvgIpc) is 3.45. The highest BCUT2D eigenvalue weighted by atomic mass is 127. The van der Waals surface area contributed by atoms with Crippen molar-refractivity contribution in [3.05, 3.63) is 41.2 Å². The summed E-state index contributed by atoms with van der Waals surface area (Å²) in [7, 11) is 0. The minimum atomic E-state index is 0. The lowest BCUT2D eigenvalue weighted by atomic mass is 10.0. The predicted octanol–water partition coefficient (Wildman–Crippen LogP) is 4.69. The molecule has 0 saturated heterocycles. The average molecular weight is 555 g/mol. The van der Waals surface area contributed by atoms with Crippen LogP contribution in [0.3, 0.4) is 0 Å². The minimum absolute atomic E-state index is 0. The Bertz CT molecular complexity index is 862. The van der Waals surface area contributed by atoms with E-state index < -0.39 is 0 Å². The van der Waals surface area contributed by atoms with Crippen molar-refractivity contribution < 1.29 is 0 Å². The van der Waals surface area contributed by atoms with Crippen LogP contribution in [0, 0.1) is 0 Å². The number of nitrogens with zero attached hydrogens (tertiary/aromatic N) is 5. The van der Waals surface area contributed by atoms with Gasteiger partial charge in [-0.3, -0.25) is 4.99 Å². The highest BCUT2D eigenvalue weighted by molar-refractivity contribution is 14.0. The van der Waals surface area contributed by atoms with Crippen LogP contribution in [0.2, 0.25) is 0 Å². The summed E-state index contributed by atoms with van der Waals surface area (Å²) in [6, 6.07) is 9.35. The third kappa shape index (κ3) is 5.94. The molecule has 4 rings (SSSR count). The topological polar surface area (TPSA) is 58.3 Å². The van der Waals surface area contributed by atoms with Gasteiger partial charge in [0.15, 0.2) is 11.1 Å². The zero-order valence-electron chi connectivity index (χ0n) is 18.7. The zero-order valence-corrected chi connectivity index (χ0v) is 21.9. The second kappa shape index (κ2) is 12.1. The standard InChI is InChI=1S/C23H34N6S.HI/c1-3-24-22(28-16-14-18-9-4-5-10-19(18)17-28)25-15-8-13-21-26-27-23(30-2)29(21)20-11-6-7-12-20;/h4-5,9-10,20H,3,6-8,11-17H2,1-2H3,(H,24,25);1H. The van der Waals surface area contributed by atoms with Gasteiger partial charge in [-0.05, 0) is 50.0 Å². The number of nitrogens with one attached hydrogen (secondary N) is 1. The minimum Gasteiger partial charge on any atom is -0.357 e. The number of hydrogen-bond donors (Lipinski definition) is 1. The van der Waals surface area contributed by atoms with Crippen molar-refractivity contribution in [2.24, 2.45) is 4.99 Å². The number of halogens is 1. The van der Waals surface area contributed by atoms with Crippen LogP contribution in [0.15, 0.2) is 34.4 Å². The molecule has 1 aliphatic heterocycles. The van der Waals surface area contributed by atoms with Crippen LogP contribution >= 0.6 is 35.7 Å². The SMILES string of the molecule is CCNC(=NCCCc1nnc(SC)n1C1CCCC1)N1CCc2ccccc2C1.I. The molecule has 1 aromatic heterocycles. The highest BCUT2D eigenvalue weighted by Crippen LogP contribution is 2.33. The van der Waals surface area contributed by atoms with Crippen molar-refractivity contribution in [2.45, 2.75) is 69.6 Å². The van der Waals surface area contributed by atoms with Crippen molar-refractivity contribution in [1.82, 2.24) is 25.0 Å². The van der Waals surface area contributed by atoms with E-state index in [4.69, 9.17) is 4.99 Å². The monoisotopic (exact) mass is 554 g/mol. The molecule has 8 heteroatoms. The fraction of sp³-hybridized carbons (Fsp3) is 0.609. The Morgan fingerprint density at radius 3 is 2.71 bits per heavy atom. The van der Waals surface area contributed by atoms with Crippen molar-refractivity contribution in [3.8, 4) is 0 Å². The van der Waals surface area contributed by atoms with E-state index in [9.17, 15) is 0 Å². The van der Waals surface area contributed by atoms with Crippen molar-refractivity contribution in [3.63, 3.8) is 0 Å². The molecule has 170 valence electrons. The maximum absolute atomic E-state index is 4.95. The molecule has 1 aliphatic carbocycles. The maximum Gasteiger partial charge on any atom is 0.194 e. The van der Waals surface area contributed by atoms with Crippen LogP contribution in [0.4, 0.5) is 0 Å². The number of rotatable bonds is 7. The molecular formula is C23H35IN6S. The second-order valence-electron chi connectivity index (χ2n) is 8.19. The quantitative estimate of drug-likeness (QED) is 0.177. The van der Waals surface area contributed by atoms with Gasteiger partial charge < -0.3 is 14.8 Å². The third-order valence-corrected chi connectivity index (χ3v) is 6.84. The van der Waals surface area contributed by atoms with Gasteiger partial charge in [-0.25, -0.2) is 0 Å². The molecule has 0 unspecified atom stereocenters. The molecule has 1 N–H and O–H groups in total. The van der Waals surface area contributed by atoms with Gasteiger partial charge in [0.25, 0.3) is 0 Å². The molecule has 0 atom stereocenters. The molecule has 6 nitrogen and oxygen atoms in total. The van der Waals surface area contributed by atoms with Crippen molar-refractivity contribution >= 4 is 41.7 Å². The van der Waals surface area contributed by atoms with E-state index in [1.165, 1.54) is 36.8 Å². The first-order chi connectivity index (χ1) is 14.8. The van der Waals surface area contributed by atoms with Crippen LogP contribution in [-0.2, 0) is 19.4 Å². The fourth-order valence-electron chi connectivity index (χ4n) is 4.67. The largest absolute Gasteiger partial charge is 0.357 e. The normalized spacial score (nSPS) is 16.8. The molecule has 2 heterocycles. The summed E-state index contributed by atoms with van der Waals surface area (Å²) in [5.74, 6) is 2.17. The van der Waals surface area contributed by atoms with E-state index in [0.29, 0.717) is 6.04 Å². The Hall–Kier alpha value is -1.29. The van der Waals surface area contributed by atoms with E-state index in [0.717, 1.165) is 62.4 Å². The van der Waals surface area contributed by atoms with Crippen molar-refractivity contribution in [1.29, 1.82) is 0 Å². The molecule has 2 aliphatic rings. The van der Waals surface area contributed by atoms with Gasteiger partial charge in [-0.2, -0.15) is 0 Å². The molecule has 1 aromatic carbocycles. The number of guanidine groups is 1. The lowest BCUT2D eigenvalue weighted by molar-refractivity contribution is 0.378. The molecule has 1 saturated carbocycles. The smallest absolute Gasteiger partial charge is 0.194 e. The van der Waals surface area contributed by atoms with Crippen LogP contribution in [0.1, 0.15) is 62.0 Å². The summed E-state index contributed by atoms with van der Waals surface area (Å²) < 4.78 is 2.41. The first-order valence-electron chi connectivity index (χ1n) is 11.4. The third-order valence-electron chi connectivity index (χ3n) is 6.19. The van der Waals surface area contributed by atoms with E-state index >= 15 is 0 Å². The number of benzene rings is 1. The predicted molar refractivity (Wildman–Crippen MR) is 140 cm³/mol. The van der Waals surface area contributed by atoms with Gasteiger partial charge in [0.05, 0.1) is 0 Å². The molecule has 2 aromatic rings. The molecule has 31 heavy (non-hydrogen) atoms. The fourth-order valence-corrected chi connectivity index (χ4v) is 5.24. The summed E-state index contributed by atoms with van der Waals surface area (Å²) in [5.41, 5.74) is 2.89. The van der Waals surface area contributed by atoms with Gasteiger partial charge in [0.2, 0.25) is 0 Å². The first-order valence-corrected chi connectivity index (χ1v) is 12.6. The number of aryl methyl sites for hydroxylation is 1. The zero-order chi connectivity index (χ0) is 20.8. The van der Waals surface area contributed by atoms with Crippen LogP contribution in [-0.4, -0.2) is 51.5 Å². The molecular weight excluding hydrogens is 519 g/mol. The molecule has 1 fully saturated rings. The lowest BCUT2D eigenvalue weighted by Gasteiger charge is -2.31. The van der Waals surface area contributed by atoms with Gasteiger partial charge in [0.1, 0.15) is 5.82 Å². The molecule has 0 amide bonds. The molecule has 0 spiro atoms. The van der Waals surface area contributed by atoms with E-state index in [1.54, 1.807) is 11.8 Å². The summed E-state index contributed by atoms with van der Waals surface area (Å²) in [4.78, 5) is 7.34. The van der Waals surface area contributed by atoms with E-state index in [-0.39, 0.29) is 24.0 Å². The Balaban J connectivity index is 0.00000272. The number of aliphatic imine (C=N–C) groups is 1. The van der Waals surface area contributed by atoms with E-state index in [1.807, 2.05) is 0 Å². The lowest BCUT2D eigenvalue weighted by Crippen LogP contribution is -2.44. The second-order valence-corrected chi connectivity index (χ2v) is 8.96. The van der Waals surface area contributed by atoms with Crippen LogP contribution < -0.4 is 5.32 Å². The van der Waals surface area contributed by atoms with E-state index in [2.05, 4.69) is 62.4 Å². The highest BCUT2D eigenvalue weighted by Gasteiger charge is 2.23. The number of aromatic nitrogens is 3. The van der Waals surface area contributed by atoms with Crippen LogP contribution in [0.25, 0.3) is 0 Å². The van der Waals surface area contributed by atoms with Gasteiger partial charge in [-0.15, -0.1) is 34.2 Å². The Labute approximate surface area is 207 Å². The molecule has 0 radical (unpaired) electrons. The summed E-state index contributed by atoms with van der Waals surface area (Å²) in [6.45, 7) is 5.81. The summed E-state index contributed by atoms with van der Waals surface area (Å²) in [5, 5.41) is 13.5. The Morgan fingerprint density at radius 1 is 1.19 bits per heavy atom. The maximum atomic E-state index is 4.95. The molecule has 0 bridgehead atoms. The Morgan fingerprint density at radius 2 is 1.97 bits per heavy atom. The first kappa shape index (κ1) is 24.4. The summed E-state index contributed by atoms with van der Waals surface area (Å²) >= 11 is 1.71. The van der Waals surface area contributed by atoms with Gasteiger partial charge >= 0.3 is 0 Å².